The van der Waals surface area contributed by atoms with Gasteiger partial charge in [-0.3, -0.25) is 10.1 Å². The first-order valence-electron chi connectivity index (χ1n) is 8.61. The van der Waals surface area contributed by atoms with Gasteiger partial charge < -0.3 is 10.2 Å². The summed E-state index contributed by atoms with van der Waals surface area (Å²) in [5.41, 5.74) is 2.42. The lowest BCUT2D eigenvalue weighted by atomic mass is 10.0. The average molecular weight is 416 g/mol. The van der Waals surface area contributed by atoms with Crippen molar-refractivity contribution in [2.45, 2.75) is 12.8 Å². The summed E-state index contributed by atoms with van der Waals surface area (Å²) in [6, 6.07) is 12.7. The van der Waals surface area contributed by atoms with E-state index in [0.29, 0.717) is 22.3 Å². The molecule has 0 amide bonds. The minimum atomic E-state index is -0.466. The van der Waals surface area contributed by atoms with E-state index in [-0.39, 0.29) is 17.3 Å². The Hall–Kier alpha value is -2.90. The van der Waals surface area contributed by atoms with Gasteiger partial charge in [0.05, 0.1) is 15.0 Å². The van der Waals surface area contributed by atoms with Crippen LogP contribution in [0.15, 0.2) is 48.8 Å². The van der Waals surface area contributed by atoms with E-state index in [9.17, 15) is 10.1 Å². The highest BCUT2D eigenvalue weighted by Gasteiger charge is 2.30. The van der Waals surface area contributed by atoms with E-state index in [4.69, 9.17) is 23.2 Å². The predicted octanol–water partition coefficient (Wildman–Crippen LogP) is 5.52. The van der Waals surface area contributed by atoms with E-state index >= 15 is 0 Å². The Morgan fingerprint density at radius 1 is 1.11 bits per heavy atom. The highest BCUT2D eigenvalue weighted by molar-refractivity contribution is 6.42. The number of aromatic nitrogens is 2. The summed E-state index contributed by atoms with van der Waals surface area (Å²) in [6.45, 7) is 0.640. The number of hydrogen-bond donors (Lipinski definition) is 1. The summed E-state index contributed by atoms with van der Waals surface area (Å²) in [5.74, 6) is 0.353. The fourth-order valence-electron chi connectivity index (χ4n) is 3.29. The van der Waals surface area contributed by atoms with Gasteiger partial charge in [0, 0.05) is 17.9 Å². The highest BCUT2D eigenvalue weighted by Crippen LogP contribution is 2.40. The topological polar surface area (TPSA) is 84.2 Å². The van der Waals surface area contributed by atoms with Crippen LogP contribution in [-0.2, 0) is 6.42 Å². The molecule has 0 bridgehead atoms. The van der Waals surface area contributed by atoms with E-state index in [0.717, 1.165) is 24.1 Å². The van der Waals surface area contributed by atoms with E-state index in [1.165, 1.54) is 6.33 Å². The summed E-state index contributed by atoms with van der Waals surface area (Å²) in [6.07, 6.45) is 3.13. The van der Waals surface area contributed by atoms with Gasteiger partial charge in [0.15, 0.2) is 0 Å². The summed E-state index contributed by atoms with van der Waals surface area (Å²) >= 11 is 12.0. The van der Waals surface area contributed by atoms with Crippen LogP contribution in [0.3, 0.4) is 0 Å². The number of nitrogens with zero attached hydrogens (tertiary/aromatic N) is 4. The van der Waals surface area contributed by atoms with Gasteiger partial charge in [0.2, 0.25) is 11.6 Å². The second kappa shape index (κ2) is 7.61. The van der Waals surface area contributed by atoms with Crippen molar-refractivity contribution < 1.29 is 4.92 Å². The molecule has 0 aliphatic carbocycles. The van der Waals surface area contributed by atoms with E-state index in [2.05, 4.69) is 15.3 Å². The third-order valence-corrected chi connectivity index (χ3v) is 5.27. The first-order chi connectivity index (χ1) is 13.5. The first kappa shape index (κ1) is 18.5. The molecular formula is C19H15Cl2N5O2. The standard InChI is InChI=1S/C19H15Cl2N5O2/c20-14-8-7-13(10-15(14)21)24-18-17(26(27)28)19(23-11-22-18)25-9-3-5-12-4-1-2-6-16(12)25/h1-2,4,6-8,10-11H,3,5,9H2,(H,22,23,24). The van der Waals surface area contributed by atoms with Crippen molar-refractivity contribution in [2.24, 2.45) is 0 Å². The minimum absolute atomic E-state index is 0.0939. The van der Waals surface area contributed by atoms with Crippen LogP contribution >= 0.6 is 23.2 Å². The van der Waals surface area contributed by atoms with Crippen molar-refractivity contribution in [2.75, 3.05) is 16.8 Å². The van der Waals surface area contributed by atoms with Crippen molar-refractivity contribution in [3.05, 3.63) is 74.5 Å². The molecule has 0 saturated heterocycles. The molecule has 1 aliphatic rings. The third kappa shape index (κ3) is 3.46. The molecule has 4 rings (SSSR count). The maximum Gasteiger partial charge on any atom is 0.354 e. The summed E-state index contributed by atoms with van der Waals surface area (Å²) in [7, 11) is 0. The average Bonchev–Trinajstić information content (AvgIpc) is 2.70. The molecule has 0 saturated carbocycles. The Balaban J connectivity index is 1.79. The predicted molar refractivity (Wildman–Crippen MR) is 110 cm³/mol. The van der Waals surface area contributed by atoms with Crippen LogP contribution < -0.4 is 10.2 Å². The zero-order valence-electron chi connectivity index (χ0n) is 14.6. The van der Waals surface area contributed by atoms with Crippen molar-refractivity contribution >= 4 is 51.9 Å². The number of halogens is 2. The van der Waals surface area contributed by atoms with Crippen molar-refractivity contribution in [3.63, 3.8) is 0 Å². The summed E-state index contributed by atoms with van der Waals surface area (Å²) in [5, 5.41) is 15.6. The fourth-order valence-corrected chi connectivity index (χ4v) is 3.59. The van der Waals surface area contributed by atoms with Gasteiger partial charge in [-0.1, -0.05) is 41.4 Å². The number of fused-ring (bicyclic) bond motifs is 1. The van der Waals surface area contributed by atoms with Gasteiger partial charge in [-0.25, -0.2) is 9.97 Å². The Morgan fingerprint density at radius 3 is 2.71 bits per heavy atom. The molecule has 2 aromatic carbocycles. The first-order valence-corrected chi connectivity index (χ1v) is 9.37. The zero-order valence-corrected chi connectivity index (χ0v) is 16.1. The lowest BCUT2D eigenvalue weighted by Crippen LogP contribution is -2.26. The van der Waals surface area contributed by atoms with Gasteiger partial charge in [0.25, 0.3) is 0 Å². The molecule has 1 N–H and O–H groups in total. The molecule has 1 aromatic heterocycles. The maximum atomic E-state index is 11.9. The van der Waals surface area contributed by atoms with E-state index < -0.39 is 4.92 Å². The molecule has 2 heterocycles. The van der Waals surface area contributed by atoms with Gasteiger partial charge in [-0.15, -0.1) is 0 Å². The Kier molecular flexibility index (Phi) is 5.02. The van der Waals surface area contributed by atoms with Gasteiger partial charge in [0.1, 0.15) is 6.33 Å². The molecule has 3 aromatic rings. The Bertz CT molecular complexity index is 1060. The lowest BCUT2D eigenvalue weighted by Gasteiger charge is -2.30. The number of aryl methyl sites for hydroxylation is 1. The van der Waals surface area contributed by atoms with Crippen LogP contribution in [0.25, 0.3) is 0 Å². The SMILES string of the molecule is O=[N+]([O-])c1c(Nc2ccc(Cl)c(Cl)c2)ncnc1N1CCCc2ccccc21. The maximum absolute atomic E-state index is 11.9. The Morgan fingerprint density at radius 2 is 1.93 bits per heavy atom. The fraction of sp³-hybridized carbons (Fsp3) is 0.158. The van der Waals surface area contributed by atoms with E-state index in [1.807, 2.05) is 29.2 Å². The number of anilines is 4. The number of para-hydroxylation sites is 1. The third-order valence-electron chi connectivity index (χ3n) is 4.53. The smallest absolute Gasteiger partial charge is 0.334 e. The van der Waals surface area contributed by atoms with Crippen LogP contribution in [0.4, 0.5) is 28.7 Å². The van der Waals surface area contributed by atoms with Crippen LogP contribution in [0.5, 0.6) is 0 Å². The second-order valence-electron chi connectivity index (χ2n) is 6.29. The van der Waals surface area contributed by atoms with Crippen molar-refractivity contribution in [1.29, 1.82) is 0 Å². The van der Waals surface area contributed by atoms with Crippen LogP contribution in [-0.4, -0.2) is 21.4 Å². The zero-order chi connectivity index (χ0) is 19.7. The molecule has 9 heteroatoms. The van der Waals surface area contributed by atoms with Crippen molar-refractivity contribution in [3.8, 4) is 0 Å². The van der Waals surface area contributed by atoms with Gasteiger partial charge >= 0.3 is 5.69 Å². The molecular weight excluding hydrogens is 401 g/mol. The minimum Gasteiger partial charge on any atom is -0.334 e. The molecule has 0 radical (unpaired) electrons. The van der Waals surface area contributed by atoms with Crippen LogP contribution in [0, 0.1) is 10.1 Å². The molecule has 0 fully saturated rings. The van der Waals surface area contributed by atoms with Gasteiger partial charge in [-0.05, 0) is 42.7 Å². The number of hydrogen-bond acceptors (Lipinski definition) is 6. The number of rotatable bonds is 4. The van der Waals surface area contributed by atoms with Gasteiger partial charge in [-0.2, -0.15) is 0 Å². The molecule has 0 spiro atoms. The van der Waals surface area contributed by atoms with E-state index in [1.54, 1.807) is 18.2 Å². The monoisotopic (exact) mass is 415 g/mol. The normalized spacial score (nSPS) is 13.1. The number of nitrogens with one attached hydrogen (secondary N) is 1. The quantitative estimate of drug-likeness (QED) is 0.445. The highest BCUT2D eigenvalue weighted by atomic mass is 35.5. The summed E-state index contributed by atoms with van der Waals surface area (Å²) < 4.78 is 0. The number of nitro groups is 1. The molecule has 28 heavy (non-hydrogen) atoms. The molecule has 142 valence electrons. The lowest BCUT2D eigenvalue weighted by molar-refractivity contribution is -0.383. The van der Waals surface area contributed by atoms with Crippen LogP contribution in [0.2, 0.25) is 10.0 Å². The molecule has 0 unspecified atom stereocenters. The molecule has 1 aliphatic heterocycles. The van der Waals surface area contributed by atoms with Crippen molar-refractivity contribution in [1.82, 2.24) is 9.97 Å². The molecule has 7 nitrogen and oxygen atoms in total. The largest absolute Gasteiger partial charge is 0.354 e. The second-order valence-corrected chi connectivity index (χ2v) is 7.10. The summed E-state index contributed by atoms with van der Waals surface area (Å²) in [4.78, 5) is 21.7. The Labute approximate surface area is 171 Å². The van der Waals surface area contributed by atoms with Crippen LogP contribution in [0.1, 0.15) is 12.0 Å². The number of benzene rings is 2. The molecule has 0 atom stereocenters.